The second-order valence-corrected chi connectivity index (χ2v) is 1.75. The van der Waals surface area contributed by atoms with Gasteiger partial charge in [0.25, 0.3) is 0 Å². The maximum Gasteiger partial charge on any atom is 0.131 e. The molecule has 2 atom stereocenters. The first-order valence-corrected chi connectivity index (χ1v) is 2.53. The summed E-state index contributed by atoms with van der Waals surface area (Å²) in [5.41, 5.74) is 10.6. The number of hydrogen-bond donors (Lipinski definition) is 2. The first kappa shape index (κ1) is 5.97. The Balaban J connectivity index is 2.23. The van der Waals surface area contributed by atoms with E-state index in [1.807, 2.05) is 0 Å². The summed E-state index contributed by atoms with van der Waals surface area (Å²) in [7, 11) is 0. The minimum atomic E-state index is -0.334. The Hall–Kier alpha value is -0.160. The van der Waals surface area contributed by atoms with Crippen molar-refractivity contribution in [3.63, 3.8) is 0 Å². The molecule has 0 aromatic carbocycles. The Morgan fingerprint density at radius 3 is 1.88 bits per heavy atom. The van der Waals surface area contributed by atoms with E-state index in [4.69, 9.17) is 20.9 Å². The smallest absolute Gasteiger partial charge is 0.131 e. The average Bonchev–Trinajstić information content (AvgIpc) is 1.64. The van der Waals surface area contributed by atoms with Crippen LogP contribution < -0.4 is 11.5 Å². The van der Waals surface area contributed by atoms with Crippen LogP contribution in [0.5, 0.6) is 0 Å². The molecule has 0 spiro atoms. The number of hydrogen-bond acceptors (Lipinski definition) is 4. The van der Waals surface area contributed by atoms with Gasteiger partial charge in [-0.1, -0.05) is 0 Å². The van der Waals surface area contributed by atoms with Crippen LogP contribution in [0.15, 0.2) is 0 Å². The zero-order valence-corrected chi connectivity index (χ0v) is 4.54. The fourth-order valence-corrected chi connectivity index (χ4v) is 0.603. The van der Waals surface area contributed by atoms with Crippen LogP contribution in [0.1, 0.15) is 0 Å². The van der Waals surface area contributed by atoms with Crippen LogP contribution in [0.25, 0.3) is 0 Å². The van der Waals surface area contributed by atoms with Gasteiger partial charge in [0.2, 0.25) is 0 Å². The Morgan fingerprint density at radius 2 is 1.62 bits per heavy atom. The highest BCUT2D eigenvalue weighted by atomic mass is 16.6. The summed E-state index contributed by atoms with van der Waals surface area (Å²) in [5.74, 6) is 0. The first-order chi connectivity index (χ1) is 3.79. The highest BCUT2D eigenvalue weighted by molar-refractivity contribution is 4.56. The molecule has 0 amide bonds. The quantitative estimate of drug-likeness (QED) is 0.410. The molecule has 4 nitrogen and oxygen atoms in total. The zero-order valence-electron chi connectivity index (χ0n) is 4.54. The minimum absolute atomic E-state index is 0.334. The minimum Gasteiger partial charge on any atom is -0.373 e. The van der Waals surface area contributed by atoms with E-state index in [1.54, 1.807) is 0 Å². The van der Waals surface area contributed by atoms with Gasteiger partial charge in [0, 0.05) is 0 Å². The molecule has 2 unspecified atom stereocenters. The summed E-state index contributed by atoms with van der Waals surface area (Å²) in [5, 5.41) is 0. The van der Waals surface area contributed by atoms with Crippen molar-refractivity contribution in [1.82, 2.24) is 0 Å². The third kappa shape index (κ3) is 1.41. The van der Waals surface area contributed by atoms with Crippen molar-refractivity contribution >= 4 is 0 Å². The second-order valence-electron chi connectivity index (χ2n) is 1.75. The van der Waals surface area contributed by atoms with Crippen LogP contribution in [0.3, 0.4) is 0 Å². The predicted molar refractivity (Wildman–Crippen MR) is 27.9 cm³/mol. The maximum atomic E-state index is 5.30. The van der Waals surface area contributed by atoms with E-state index in [-0.39, 0.29) is 12.5 Å². The summed E-state index contributed by atoms with van der Waals surface area (Å²) in [6.45, 7) is 0.904. The fraction of sp³-hybridized carbons (Fsp3) is 1.00. The molecule has 48 valence electrons. The Kier molecular flexibility index (Phi) is 1.80. The Bertz CT molecular complexity index is 70.4. The van der Waals surface area contributed by atoms with Gasteiger partial charge in [0.15, 0.2) is 0 Å². The highest BCUT2D eigenvalue weighted by Gasteiger charge is 2.14. The molecular weight excluding hydrogens is 108 g/mol. The third-order valence-corrected chi connectivity index (χ3v) is 0.914. The van der Waals surface area contributed by atoms with Crippen LogP contribution >= 0.6 is 0 Å². The molecule has 4 heteroatoms. The van der Waals surface area contributed by atoms with E-state index in [1.165, 1.54) is 0 Å². The van der Waals surface area contributed by atoms with Crippen molar-refractivity contribution in [1.29, 1.82) is 0 Å². The molecule has 1 rings (SSSR count). The molecule has 8 heavy (non-hydrogen) atoms. The van der Waals surface area contributed by atoms with Crippen molar-refractivity contribution in [2.75, 3.05) is 13.2 Å². The van der Waals surface area contributed by atoms with Crippen LogP contribution in [-0.4, -0.2) is 25.7 Å². The Labute approximate surface area is 47.7 Å². The normalized spacial score (nSPS) is 39.8. The van der Waals surface area contributed by atoms with E-state index in [0.29, 0.717) is 13.2 Å². The molecule has 1 heterocycles. The number of ether oxygens (including phenoxy) is 2. The molecule has 1 aliphatic heterocycles. The van der Waals surface area contributed by atoms with Crippen molar-refractivity contribution in [3.05, 3.63) is 0 Å². The van der Waals surface area contributed by atoms with Gasteiger partial charge in [-0.2, -0.15) is 0 Å². The van der Waals surface area contributed by atoms with Crippen LogP contribution in [0, 0.1) is 0 Å². The fourth-order valence-electron chi connectivity index (χ4n) is 0.603. The third-order valence-electron chi connectivity index (χ3n) is 0.914. The molecule has 0 bridgehead atoms. The largest absolute Gasteiger partial charge is 0.373 e. The lowest BCUT2D eigenvalue weighted by molar-refractivity contribution is -0.132. The van der Waals surface area contributed by atoms with Gasteiger partial charge in [-0.05, 0) is 0 Å². The average molecular weight is 118 g/mol. The molecular formula is C4H10N2O2. The van der Waals surface area contributed by atoms with Gasteiger partial charge in [-0.3, -0.25) is 0 Å². The lowest BCUT2D eigenvalue weighted by Gasteiger charge is -2.24. The van der Waals surface area contributed by atoms with Gasteiger partial charge >= 0.3 is 0 Å². The van der Waals surface area contributed by atoms with Crippen molar-refractivity contribution in [3.8, 4) is 0 Å². The van der Waals surface area contributed by atoms with E-state index < -0.39 is 0 Å². The first-order valence-electron chi connectivity index (χ1n) is 2.53. The molecule has 0 aromatic heterocycles. The van der Waals surface area contributed by atoms with E-state index in [9.17, 15) is 0 Å². The molecule has 1 fully saturated rings. The molecule has 0 saturated carbocycles. The van der Waals surface area contributed by atoms with Gasteiger partial charge in [-0.15, -0.1) is 0 Å². The van der Waals surface area contributed by atoms with Gasteiger partial charge in [0.1, 0.15) is 12.5 Å². The number of rotatable bonds is 0. The highest BCUT2D eigenvalue weighted by Crippen LogP contribution is 1.97. The topological polar surface area (TPSA) is 70.5 Å². The van der Waals surface area contributed by atoms with E-state index in [2.05, 4.69) is 0 Å². The van der Waals surface area contributed by atoms with Gasteiger partial charge < -0.3 is 20.9 Å². The Morgan fingerprint density at radius 1 is 1.12 bits per heavy atom. The standard InChI is InChI=1S/C4H10N2O2/c5-3-1-7-2-4(6)8-3/h3-4H,1-2,5-6H2. The van der Waals surface area contributed by atoms with Gasteiger partial charge in [0.05, 0.1) is 13.2 Å². The summed E-state index contributed by atoms with van der Waals surface area (Å²) in [6, 6.07) is 0. The van der Waals surface area contributed by atoms with Crippen molar-refractivity contribution in [2.24, 2.45) is 11.5 Å². The SMILES string of the molecule is NC1COCC(N)O1. The molecule has 1 aliphatic rings. The molecule has 0 aliphatic carbocycles. The van der Waals surface area contributed by atoms with Crippen LogP contribution in [0.4, 0.5) is 0 Å². The molecule has 4 N–H and O–H groups in total. The summed E-state index contributed by atoms with van der Waals surface area (Å²) in [4.78, 5) is 0. The van der Waals surface area contributed by atoms with E-state index >= 15 is 0 Å². The maximum absolute atomic E-state index is 5.30. The lowest BCUT2D eigenvalue weighted by atomic mass is 10.5. The summed E-state index contributed by atoms with van der Waals surface area (Å²) in [6.07, 6.45) is -0.669. The molecule has 0 radical (unpaired) electrons. The van der Waals surface area contributed by atoms with Crippen molar-refractivity contribution < 1.29 is 9.47 Å². The second kappa shape index (κ2) is 2.41. The van der Waals surface area contributed by atoms with Crippen LogP contribution in [0.2, 0.25) is 0 Å². The predicted octanol–water partition coefficient (Wildman–Crippen LogP) is -1.40. The van der Waals surface area contributed by atoms with E-state index in [0.717, 1.165) is 0 Å². The zero-order chi connectivity index (χ0) is 5.98. The number of nitrogens with two attached hydrogens (primary N) is 2. The molecule has 1 saturated heterocycles. The monoisotopic (exact) mass is 118 g/mol. The summed E-state index contributed by atoms with van der Waals surface area (Å²) < 4.78 is 9.84. The van der Waals surface area contributed by atoms with Crippen molar-refractivity contribution in [2.45, 2.75) is 12.5 Å². The van der Waals surface area contributed by atoms with Gasteiger partial charge in [-0.25, -0.2) is 0 Å². The summed E-state index contributed by atoms with van der Waals surface area (Å²) >= 11 is 0. The van der Waals surface area contributed by atoms with Crippen LogP contribution in [-0.2, 0) is 9.47 Å². The lowest BCUT2D eigenvalue weighted by Crippen LogP contribution is -2.45. The molecule has 0 aromatic rings.